The molecule has 5 rings (SSSR count). The van der Waals surface area contributed by atoms with Gasteiger partial charge >= 0.3 is 6.09 Å². The lowest BCUT2D eigenvalue weighted by Crippen LogP contribution is -2.45. The summed E-state index contributed by atoms with van der Waals surface area (Å²) >= 11 is 0. The minimum Gasteiger partial charge on any atom is -0.453 e. The fourth-order valence-electron chi connectivity index (χ4n) is 5.09. The maximum absolute atomic E-state index is 13.9. The van der Waals surface area contributed by atoms with Crippen LogP contribution in [-0.2, 0) is 11.2 Å². The molecule has 0 bridgehead atoms. The van der Waals surface area contributed by atoms with Gasteiger partial charge in [0.15, 0.2) is 0 Å². The zero-order valence-corrected chi connectivity index (χ0v) is 19.0. The SMILES string of the molecule is CCc1nn(-c2noc(C3CCN(C[C@@H]4CCCN4C(=O)OC)CC3)n2)c2cc(F)ccc12. The fourth-order valence-corrected chi connectivity index (χ4v) is 5.09. The number of hydrogen-bond donors (Lipinski definition) is 0. The first kappa shape index (κ1) is 21.8. The number of benzene rings is 1. The number of hydrogen-bond acceptors (Lipinski definition) is 7. The van der Waals surface area contributed by atoms with Crippen LogP contribution in [0.3, 0.4) is 0 Å². The molecular formula is C23H29FN6O3. The van der Waals surface area contributed by atoms with Crippen molar-refractivity contribution in [2.24, 2.45) is 0 Å². The highest BCUT2D eigenvalue weighted by Gasteiger charge is 2.33. The van der Waals surface area contributed by atoms with Crippen molar-refractivity contribution in [2.75, 3.05) is 33.3 Å². The van der Waals surface area contributed by atoms with E-state index < -0.39 is 0 Å². The molecule has 0 saturated carbocycles. The third kappa shape index (κ3) is 4.19. The van der Waals surface area contributed by atoms with Gasteiger partial charge in [-0.25, -0.2) is 9.18 Å². The summed E-state index contributed by atoms with van der Waals surface area (Å²) in [6.45, 7) is 5.46. The number of aromatic nitrogens is 4. The monoisotopic (exact) mass is 456 g/mol. The van der Waals surface area contributed by atoms with Crippen LogP contribution in [0.4, 0.5) is 9.18 Å². The summed E-state index contributed by atoms with van der Waals surface area (Å²) in [5.41, 5.74) is 1.51. The Morgan fingerprint density at radius 1 is 1.24 bits per heavy atom. The third-order valence-corrected chi connectivity index (χ3v) is 6.87. The molecule has 10 heteroatoms. The van der Waals surface area contributed by atoms with E-state index in [1.54, 1.807) is 10.7 Å². The van der Waals surface area contributed by atoms with Gasteiger partial charge in [0.2, 0.25) is 5.89 Å². The highest BCUT2D eigenvalue weighted by molar-refractivity contribution is 5.83. The van der Waals surface area contributed by atoms with E-state index in [1.807, 2.05) is 11.8 Å². The second kappa shape index (κ2) is 9.09. The first-order chi connectivity index (χ1) is 16.1. The smallest absolute Gasteiger partial charge is 0.409 e. The Bertz CT molecular complexity index is 1140. The summed E-state index contributed by atoms with van der Waals surface area (Å²) in [4.78, 5) is 20.8. The van der Waals surface area contributed by atoms with Gasteiger partial charge in [-0.05, 0) is 62.5 Å². The fraction of sp³-hybridized carbons (Fsp3) is 0.565. The number of amides is 1. The number of likely N-dealkylation sites (tertiary alicyclic amines) is 2. The third-order valence-electron chi connectivity index (χ3n) is 6.87. The van der Waals surface area contributed by atoms with Gasteiger partial charge in [0, 0.05) is 36.5 Å². The molecule has 2 aliphatic heterocycles. The van der Waals surface area contributed by atoms with E-state index in [1.165, 1.54) is 19.2 Å². The Kier molecular flexibility index (Phi) is 6.01. The molecule has 2 saturated heterocycles. The van der Waals surface area contributed by atoms with E-state index in [9.17, 15) is 9.18 Å². The van der Waals surface area contributed by atoms with Crippen molar-refractivity contribution in [1.82, 2.24) is 29.7 Å². The van der Waals surface area contributed by atoms with E-state index >= 15 is 0 Å². The van der Waals surface area contributed by atoms with E-state index in [4.69, 9.17) is 9.26 Å². The average molecular weight is 457 g/mol. The first-order valence-electron chi connectivity index (χ1n) is 11.7. The molecule has 4 heterocycles. The predicted octanol–water partition coefficient (Wildman–Crippen LogP) is 3.52. The number of fused-ring (bicyclic) bond motifs is 1. The molecule has 176 valence electrons. The number of rotatable bonds is 5. The highest BCUT2D eigenvalue weighted by Crippen LogP contribution is 2.30. The Morgan fingerprint density at radius 2 is 2.06 bits per heavy atom. The minimum atomic E-state index is -0.324. The van der Waals surface area contributed by atoms with Crippen LogP contribution in [0.25, 0.3) is 16.9 Å². The van der Waals surface area contributed by atoms with Gasteiger partial charge < -0.3 is 19.1 Å². The predicted molar refractivity (Wildman–Crippen MR) is 119 cm³/mol. The Labute approximate surface area is 191 Å². The number of piperidine rings is 1. The molecule has 2 fully saturated rings. The Morgan fingerprint density at radius 3 is 2.82 bits per heavy atom. The summed E-state index contributed by atoms with van der Waals surface area (Å²) in [6.07, 6.45) is 4.34. The zero-order valence-electron chi connectivity index (χ0n) is 19.0. The lowest BCUT2D eigenvalue weighted by atomic mass is 9.96. The standard InChI is InChI=1S/C23H29FN6O3/c1-3-19-18-7-6-16(24)13-20(18)30(26-19)22-25-21(33-27-22)15-8-11-28(12-9-15)14-17-5-4-10-29(17)23(31)32-2/h6-7,13,15,17H,3-5,8-12,14H2,1-2H3/t17-/m0/s1. The second-order valence-corrected chi connectivity index (χ2v) is 8.84. The molecular weight excluding hydrogens is 427 g/mol. The normalized spacial score (nSPS) is 20.1. The van der Waals surface area contributed by atoms with Gasteiger partial charge in [0.1, 0.15) is 5.82 Å². The van der Waals surface area contributed by atoms with E-state index in [-0.39, 0.29) is 23.9 Å². The summed E-state index contributed by atoms with van der Waals surface area (Å²) in [7, 11) is 1.44. The zero-order chi connectivity index (χ0) is 22.9. The van der Waals surface area contributed by atoms with Crippen LogP contribution in [0.5, 0.6) is 0 Å². The van der Waals surface area contributed by atoms with Crippen molar-refractivity contribution < 1.29 is 18.4 Å². The number of carbonyl (C=O) groups excluding carboxylic acids is 1. The van der Waals surface area contributed by atoms with Gasteiger partial charge in [0.05, 0.1) is 18.3 Å². The van der Waals surface area contributed by atoms with Gasteiger partial charge in [-0.3, -0.25) is 0 Å². The minimum absolute atomic E-state index is 0.173. The second-order valence-electron chi connectivity index (χ2n) is 8.84. The Hall–Kier alpha value is -3.01. The number of ether oxygens (including phenoxy) is 1. The van der Waals surface area contributed by atoms with Gasteiger partial charge in [0.25, 0.3) is 5.95 Å². The van der Waals surface area contributed by atoms with Crippen LogP contribution in [0, 0.1) is 5.82 Å². The van der Waals surface area contributed by atoms with E-state index in [2.05, 4.69) is 20.1 Å². The number of aryl methyl sites for hydroxylation is 1. The van der Waals surface area contributed by atoms with Crippen LogP contribution < -0.4 is 0 Å². The first-order valence-corrected chi connectivity index (χ1v) is 11.7. The van der Waals surface area contributed by atoms with Crippen molar-refractivity contribution in [2.45, 2.75) is 51.0 Å². The molecule has 0 aliphatic carbocycles. The summed E-state index contributed by atoms with van der Waals surface area (Å²) in [6, 6.07) is 4.86. The molecule has 9 nitrogen and oxygen atoms in total. The molecule has 2 aromatic heterocycles. The lowest BCUT2D eigenvalue weighted by Gasteiger charge is -2.34. The molecule has 0 unspecified atom stereocenters. The maximum atomic E-state index is 13.9. The summed E-state index contributed by atoms with van der Waals surface area (Å²) in [5.74, 6) is 0.782. The van der Waals surface area contributed by atoms with Gasteiger partial charge in [-0.2, -0.15) is 14.8 Å². The van der Waals surface area contributed by atoms with Crippen LogP contribution in [-0.4, -0.2) is 75.1 Å². The van der Waals surface area contributed by atoms with E-state index in [0.29, 0.717) is 17.4 Å². The molecule has 33 heavy (non-hydrogen) atoms. The molecule has 2 aliphatic rings. The van der Waals surface area contributed by atoms with E-state index in [0.717, 1.165) is 69.4 Å². The van der Waals surface area contributed by atoms with Crippen molar-refractivity contribution in [3.63, 3.8) is 0 Å². The van der Waals surface area contributed by atoms with Crippen LogP contribution in [0.1, 0.15) is 50.1 Å². The molecule has 3 aromatic rings. The molecule has 0 radical (unpaired) electrons. The number of halogens is 1. The van der Waals surface area contributed by atoms with Gasteiger partial charge in [-0.15, -0.1) is 0 Å². The quantitative estimate of drug-likeness (QED) is 0.580. The summed E-state index contributed by atoms with van der Waals surface area (Å²) < 4.78 is 26.0. The number of methoxy groups -OCH3 is 1. The van der Waals surface area contributed by atoms with Crippen molar-refractivity contribution >= 4 is 17.0 Å². The van der Waals surface area contributed by atoms with Crippen LogP contribution >= 0.6 is 0 Å². The van der Waals surface area contributed by atoms with Crippen LogP contribution in [0.2, 0.25) is 0 Å². The average Bonchev–Trinajstić information content (AvgIpc) is 3.57. The number of nitrogens with zero attached hydrogens (tertiary/aromatic N) is 6. The topological polar surface area (TPSA) is 89.5 Å². The molecule has 0 N–H and O–H groups in total. The van der Waals surface area contributed by atoms with Crippen molar-refractivity contribution in [3.05, 3.63) is 35.6 Å². The van der Waals surface area contributed by atoms with Crippen molar-refractivity contribution in [3.8, 4) is 5.95 Å². The Balaban J connectivity index is 1.25. The molecule has 1 aromatic carbocycles. The van der Waals surface area contributed by atoms with Gasteiger partial charge in [-0.1, -0.05) is 6.92 Å². The maximum Gasteiger partial charge on any atom is 0.409 e. The van der Waals surface area contributed by atoms with Crippen molar-refractivity contribution in [1.29, 1.82) is 0 Å². The number of carbonyl (C=O) groups is 1. The highest BCUT2D eigenvalue weighted by atomic mass is 19.1. The molecule has 1 amide bonds. The van der Waals surface area contributed by atoms with Crippen LogP contribution in [0.15, 0.2) is 22.7 Å². The molecule has 0 spiro atoms. The largest absolute Gasteiger partial charge is 0.453 e. The lowest BCUT2D eigenvalue weighted by molar-refractivity contribution is 0.101. The summed E-state index contributed by atoms with van der Waals surface area (Å²) in [5, 5.41) is 9.63. The molecule has 1 atom stereocenters.